The number of aromatic nitrogens is 1. The highest BCUT2D eigenvalue weighted by atomic mass is 19.1. The molecule has 3 rings (SSSR count). The number of carbonyl (C=O) groups excluding carboxylic acids is 1. The summed E-state index contributed by atoms with van der Waals surface area (Å²) >= 11 is 0. The minimum Gasteiger partial charge on any atom is -0.504 e. The quantitative estimate of drug-likeness (QED) is 0.431. The van der Waals surface area contributed by atoms with Crippen molar-refractivity contribution in [3.05, 3.63) is 65.1 Å². The number of allylic oxidation sites excluding steroid dienone is 1. The van der Waals surface area contributed by atoms with Gasteiger partial charge in [0.25, 0.3) is 0 Å². The Morgan fingerprint density at radius 3 is 2.80 bits per heavy atom. The van der Waals surface area contributed by atoms with Gasteiger partial charge in [0.2, 0.25) is 5.78 Å². The van der Waals surface area contributed by atoms with Gasteiger partial charge in [0.05, 0.1) is 7.11 Å². The Labute approximate surface area is 142 Å². The molecule has 0 atom stereocenters. The van der Waals surface area contributed by atoms with Gasteiger partial charge in [-0.15, -0.1) is 0 Å². The summed E-state index contributed by atoms with van der Waals surface area (Å²) in [5, 5.41) is 19.7. The standard InChI is InChI=1S/C19H13FN2O3/c1-25-18-5-2-11(7-17(18)23)6-12(9-21)19(24)15-10-22-16-8-13(20)3-4-14(15)16/h2-8,10,22-23H,1H3. The summed E-state index contributed by atoms with van der Waals surface area (Å²) in [6.45, 7) is 0. The predicted octanol–water partition coefficient (Wildman–Crippen LogP) is 3.81. The lowest BCUT2D eigenvalue weighted by Gasteiger charge is -2.04. The van der Waals surface area contributed by atoms with Crippen LogP contribution in [0.25, 0.3) is 17.0 Å². The summed E-state index contributed by atoms with van der Waals surface area (Å²) in [5.74, 6) is -0.710. The molecule has 0 aliphatic rings. The molecule has 124 valence electrons. The maximum atomic E-state index is 13.3. The number of aromatic amines is 1. The number of benzene rings is 2. The molecule has 0 unspecified atom stereocenters. The van der Waals surface area contributed by atoms with Gasteiger partial charge in [-0.2, -0.15) is 5.26 Å². The molecular formula is C19H13FN2O3. The monoisotopic (exact) mass is 336 g/mol. The molecule has 0 aliphatic heterocycles. The molecule has 1 aromatic heterocycles. The molecular weight excluding hydrogens is 323 g/mol. The highest BCUT2D eigenvalue weighted by Gasteiger charge is 2.17. The van der Waals surface area contributed by atoms with Gasteiger partial charge in [0.15, 0.2) is 11.5 Å². The lowest BCUT2D eigenvalue weighted by molar-refractivity contribution is 0.104. The number of rotatable bonds is 4. The molecule has 0 radical (unpaired) electrons. The molecule has 1 heterocycles. The molecule has 2 N–H and O–H groups in total. The number of ketones is 1. The zero-order valence-corrected chi connectivity index (χ0v) is 13.2. The van der Waals surface area contributed by atoms with E-state index in [0.717, 1.165) is 0 Å². The Balaban J connectivity index is 2.01. The van der Waals surface area contributed by atoms with Gasteiger partial charge >= 0.3 is 0 Å². The fraction of sp³-hybridized carbons (Fsp3) is 0.0526. The molecule has 6 heteroatoms. The van der Waals surface area contributed by atoms with E-state index in [1.54, 1.807) is 6.07 Å². The fourth-order valence-corrected chi connectivity index (χ4v) is 2.54. The van der Waals surface area contributed by atoms with Gasteiger partial charge in [0, 0.05) is 22.7 Å². The van der Waals surface area contributed by atoms with Crippen molar-refractivity contribution in [3.63, 3.8) is 0 Å². The number of nitrogens with zero attached hydrogens (tertiary/aromatic N) is 1. The molecule has 0 saturated carbocycles. The maximum Gasteiger partial charge on any atom is 0.205 e. The molecule has 0 saturated heterocycles. The van der Waals surface area contributed by atoms with Crippen molar-refractivity contribution in [2.75, 3.05) is 7.11 Å². The third kappa shape index (κ3) is 3.08. The average Bonchev–Trinajstić information content (AvgIpc) is 3.02. The van der Waals surface area contributed by atoms with E-state index in [0.29, 0.717) is 22.2 Å². The van der Waals surface area contributed by atoms with E-state index in [2.05, 4.69) is 4.98 Å². The number of H-pyrrole nitrogens is 1. The van der Waals surface area contributed by atoms with Gasteiger partial charge in [-0.25, -0.2) is 4.39 Å². The number of methoxy groups -OCH3 is 1. The van der Waals surface area contributed by atoms with Crippen molar-refractivity contribution in [1.82, 2.24) is 4.98 Å². The normalized spacial score (nSPS) is 11.3. The first-order chi connectivity index (χ1) is 12.0. The van der Waals surface area contributed by atoms with Gasteiger partial charge in [-0.1, -0.05) is 6.07 Å². The Bertz CT molecular complexity index is 1040. The van der Waals surface area contributed by atoms with Crippen molar-refractivity contribution in [2.45, 2.75) is 0 Å². The van der Waals surface area contributed by atoms with Crippen molar-refractivity contribution >= 4 is 22.8 Å². The number of Topliss-reactive ketones (excluding diaryl/α,β-unsaturated/α-hetero) is 1. The Kier molecular flexibility index (Phi) is 4.23. The summed E-state index contributed by atoms with van der Waals surface area (Å²) in [4.78, 5) is 15.5. The van der Waals surface area contributed by atoms with E-state index in [1.165, 1.54) is 49.7 Å². The van der Waals surface area contributed by atoms with E-state index in [9.17, 15) is 19.6 Å². The number of halogens is 1. The van der Waals surface area contributed by atoms with Gasteiger partial charge < -0.3 is 14.8 Å². The van der Waals surface area contributed by atoms with Crippen LogP contribution in [0.2, 0.25) is 0 Å². The van der Waals surface area contributed by atoms with Crippen LogP contribution in [-0.4, -0.2) is 23.0 Å². The number of phenols is 1. The third-order valence-electron chi connectivity index (χ3n) is 3.77. The van der Waals surface area contributed by atoms with Gasteiger partial charge in [0.1, 0.15) is 17.5 Å². The van der Waals surface area contributed by atoms with Crippen LogP contribution in [0.15, 0.2) is 48.2 Å². The zero-order chi connectivity index (χ0) is 18.0. The van der Waals surface area contributed by atoms with Crippen molar-refractivity contribution < 1.29 is 19.0 Å². The van der Waals surface area contributed by atoms with Gasteiger partial charge in [-0.3, -0.25) is 4.79 Å². The van der Waals surface area contributed by atoms with E-state index in [1.807, 2.05) is 6.07 Å². The lowest BCUT2D eigenvalue weighted by Crippen LogP contribution is -2.01. The first-order valence-corrected chi connectivity index (χ1v) is 7.33. The topological polar surface area (TPSA) is 86.1 Å². The molecule has 0 spiro atoms. The van der Waals surface area contributed by atoms with E-state index >= 15 is 0 Å². The Morgan fingerprint density at radius 2 is 2.12 bits per heavy atom. The third-order valence-corrected chi connectivity index (χ3v) is 3.77. The zero-order valence-electron chi connectivity index (χ0n) is 13.2. The van der Waals surface area contributed by atoms with Crippen LogP contribution in [0.4, 0.5) is 4.39 Å². The summed E-state index contributed by atoms with van der Waals surface area (Å²) in [7, 11) is 1.43. The summed E-state index contributed by atoms with van der Waals surface area (Å²) in [5.41, 5.74) is 1.13. The molecule has 2 aromatic carbocycles. The van der Waals surface area contributed by atoms with Crippen molar-refractivity contribution in [1.29, 1.82) is 5.26 Å². The molecule has 25 heavy (non-hydrogen) atoms. The number of hydrogen-bond donors (Lipinski definition) is 2. The van der Waals surface area contributed by atoms with Crippen LogP contribution in [0, 0.1) is 17.1 Å². The Morgan fingerprint density at radius 1 is 1.32 bits per heavy atom. The SMILES string of the molecule is COc1ccc(C=C(C#N)C(=O)c2c[nH]c3cc(F)ccc23)cc1O. The van der Waals surface area contributed by atoms with E-state index < -0.39 is 11.6 Å². The van der Waals surface area contributed by atoms with Crippen LogP contribution < -0.4 is 4.74 Å². The smallest absolute Gasteiger partial charge is 0.205 e. The van der Waals surface area contributed by atoms with Crippen molar-refractivity contribution in [3.8, 4) is 17.6 Å². The highest BCUT2D eigenvalue weighted by molar-refractivity contribution is 6.19. The lowest BCUT2D eigenvalue weighted by atomic mass is 10.0. The number of nitrogens with one attached hydrogen (secondary N) is 1. The molecule has 0 bridgehead atoms. The maximum absolute atomic E-state index is 13.3. The first-order valence-electron chi connectivity index (χ1n) is 7.33. The number of nitriles is 1. The van der Waals surface area contributed by atoms with Crippen LogP contribution in [-0.2, 0) is 0 Å². The van der Waals surface area contributed by atoms with Crippen LogP contribution >= 0.6 is 0 Å². The fourth-order valence-electron chi connectivity index (χ4n) is 2.54. The second-order valence-electron chi connectivity index (χ2n) is 5.32. The second-order valence-corrected chi connectivity index (χ2v) is 5.32. The van der Waals surface area contributed by atoms with Crippen LogP contribution in [0.5, 0.6) is 11.5 Å². The Hall–Kier alpha value is -3.59. The number of carbonyl (C=O) groups is 1. The largest absolute Gasteiger partial charge is 0.504 e. The van der Waals surface area contributed by atoms with E-state index in [-0.39, 0.29) is 16.9 Å². The molecule has 0 amide bonds. The van der Waals surface area contributed by atoms with Crippen molar-refractivity contribution in [2.24, 2.45) is 0 Å². The average molecular weight is 336 g/mol. The van der Waals surface area contributed by atoms with Crippen LogP contribution in [0.3, 0.4) is 0 Å². The highest BCUT2D eigenvalue weighted by Crippen LogP contribution is 2.28. The van der Waals surface area contributed by atoms with E-state index in [4.69, 9.17) is 4.74 Å². The predicted molar refractivity (Wildman–Crippen MR) is 90.8 cm³/mol. The second kappa shape index (κ2) is 6.49. The first kappa shape index (κ1) is 16.3. The number of aromatic hydroxyl groups is 1. The number of fused-ring (bicyclic) bond motifs is 1. The van der Waals surface area contributed by atoms with Gasteiger partial charge in [-0.05, 0) is 42.0 Å². The molecule has 0 fully saturated rings. The number of hydrogen-bond acceptors (Lipinski definition) is 4. The summed E-state index contributed by atoms with van der Waals surface area (Å²) in [6.07, 6.45) is 2.83. The molecule has 5 nitrogen and oxygen atoms in total. The van der Waals surface area contributed by atoms with Crippen LogP contribution in [0.1, 0.15) is 15.9 Å². The molecule has 0 aliphatic carbocycles. The minimum absolute atomic E-state index is 0.0939. The number of phenolic OH excluding ortho intramolecular Hbond substituents is 1. The minimum atomic E-state index is -0.490. The summed E-state index contributed by atoms with van der Waals surface area (Å²) < 4.78 is 18.2. The number of ether oxygens (including phenoxy) is 1. The summed E-state index contributed by atoms with van der Waals surface area (Å²) in [6, 6.07) is 10.4. The molecule has 3 aromatic rings.